The Hall–Kier alpha value is -5.95. The number of nitrogens with zero attached hydrogens (tertiary/aromatic N) is 3. The smallest absolute Gasteiger partial charge is 0.399 e. The zero-order valence-electron chi connectivity index (χ0n) is 30.2. The van der Waals surface area contributed by atoms with Gasteiger partial charge in [-0.15, -0.1) is 0 Å². The van der Waals surface area contributed by atoms with Gasteiger partial charge >= 0.3 is 7.12 Å². The highest BCUT2D eigenvalue weighted by atomic mass is 16.7. The van der Waals surface area contributed by atoms with Crippen LogP contribution in [0.15, 0.2) is 158 Å². The van der Waals surface area contributed by atoms with Gasteiger partial charge in [0.15, 0.2) is 17.5 Å². The first kappa shape index (κ1) is 32.9. The molecular formula is C47H38BN3O2. The summed E-state index contributed by atoms with van der Waals surface area (Å²) in [7, 11) is -0.496. The van der Waals surface area contributed by atoms with Gasteiger partial charge in [-0.05, 0) is 83.0 Å². The van der Waals surface area contributed by atoms with Crippen LogP contribution in [0, 0.1) is 0 Å². The summed E-state index contributed by atoms with van der Waals surface area (Å²) in [5, 5.41) is 4.83. The fraction of sp³-hybridized carbons (Fsp3) is 0.128. The lowest BCUT2D eigenvalue weighted by Crippen LogP contribution is -2.41. The molecule has 0 N–H and O–H groups in total. The number of rotatable bonds is 6. The van der Waals surface area contributed by atoms with E-state index in [4.69, 9.17) is 24.3 Å². The van der Waals surface area contributed by atoms with Crippen molar-refractivity contribution in [3.8, 4) is 56.4 Å². The molecular weight excluding hydrogens is 649 g/mol. The van der Waals surface area contributed by atoms with E-state index in [1.807, 2.05) is 48.5 Å². The average molecular weight is 688 g/mol. The summed E-state index contributed by atoms with van der Waals surface area (Å²) in [6.07, 6.45) is 0. The molecule has 256 valence electrons. The second-order valence-electron chi connectivity index (χ2n) is 14.7. The van der Waals surface area contributed by atoms with Crippen LogP contribution in [0.3, 0.4) is 0 Å². The molecule has 1 aromatic heterocycles. The van der Waals surface area contributed by atoms with Crippen molar-refractivity contribution in [2.24, 2.45) is 0 Å². The van der Waals surface area contributed by atoms with Crippen LogP contribution in [-0.4, -0.2) is 33.3 Å². The van der Waals surface area contributed by atoms with Gasteiger partial charge in [0.2, 0.25) is 0 Å². The summed E-state index contributed by atoms with van der Waals surface area (Å²) in [6, 6.07) is 54.9. The Kier molecular flexibility index (Phi) is 8.03. The third-order valence-corrected chi connectivity index (χ3v) is 10.7. The van der Waals surface area contributed by atoms with Crippen molar-refractivity contribution in [1.82, 2.24) is 15.0 Å². The first-order valence-electron chi connectivity index (χ1n) is 18.1. The van der Waals surface area contributed by atoms with Gasteiger partial charge in [-0.1, -0.05) is 152 Å². The number of hydrogen-bond acceptors (Lipinski definition) is 5. The SMILES string of the molecule is CC1(C)OB(c2cccc(-c3nc(-c4ccccc4)nc(-c4cccc(-c5c6ccccc6c(-c6ccccc6)c6ccccc56)c4)n3)c2)OC1(C)C. The molecule has 0 amide bonds. The zero-order valence-corrected chi connectivity index (χ0v) is 30.2. The molecule has 0 saturated carbocycles. The second kappa shape index (κ2) is 12.9. The Bertz CT molecular complexity index is 2570. The normalized spacial score (nSPS) is 14.9. The highest BCUT2D eigenvalue weighted by Crippen LogP contribution is 2.44. The Morgan fingerprint density at radius 2 is 0.755 bits per heavy atom. The Morgan fingerprint density at radius 3 is 1.28 bits per heavy atom. The first-order valence-corrected chi connectivity index (χ1v) is 18.1. The van der Waals surface area contributed by atoms with E-state index in [0.717, 1.165) is 27.7 Å². The van der Waals surface area contributed by atoms with Crippen LogP contribution in [-0.2, 0) is 9.31 Å². The van der Waals surface area contributed by atoms with Gasteiger partial charge in [-0.3, -0.25) is 0 Å². The van der Waals surface area contributed by atoms with Crippen LogP contribution in [0.4, 0.5) is 0 Å². The largest absolute Gasteiger partial charge is 0.494 e. The standard InChI is InChI=1S/C47H38BN3O2/c1-46(2)47(3,4)53-48(52-46)36-24-16-23-35(30-36)45-50-43(32-19-9-6-10-20-32)49-44(51-45)34-22-15-21-33(29-34)42-39-27-13-11-25-37(39)41(31-17-7-5-8-18-31)38-26-12-14-28-40(38)42/h5-30H,1-4H3. The highest BCUT2D eigenvalue weighted by Gasteiger charge is 2.51. The fourth-order valence-electron chi connectivity index (χ4n) is 7.32. The predicted molar refractivity (Wildman–Crippen MR) is 218 cm³/mol. The van der Waals surface area contributed by atoms with E-state index >= 15 is 0 Å². The van der Waals surface area contributed by atoms with Gasteiger partial charge in [-0.2, -0.15) is 0 Å². The molecule has 7 aromatic carbocycles. The van der Waals surface area contributed by atoms with E-state index in [-0.39, 0.29) is 0 Å². The molecule has 1 aliphatic heterocycles. The molecule has 1 aliphatic rings. The minimum Gasteiger partial charge on any atom is -0.399 e. The van der Waals surface area contributed by atoms with Gasteiger partial charge in [0.1, 0.15) is 0 Å². The molecule has 1 saturated heterocycles. The van der Waals surface area contributed by atoms with Crippen molar-refractivity contribution >= 4 is 34.1 Å². The van der Waals surface area contributed by atoms with Crippen molar-refractivity contribution in [3.63, 3.8) is 0 Å². The van der Waals surface area contributed by atoms with E-state index in [9.17, 15) is 0 Å². The summed E-state index contributed by atoms with van der Waals surface area (Å²) in [5.74, 6) is 1.80. The van der Waals surface area contributed by atoms with E-state index in [1.54, 1.807) is 0 Å². The number of benzene rings is 7. The molecule has 6 heteroatoms. The molecule has 0 bridgehead atoms. The third kappa shape index (κ3) is 5.90. The van der Waals surface area contributed by atoms with E-state index in [0.29, 0.717) is 17.5 Å². The summed E-state index contributed by atoms with van der Waals surface area (Å²) < 4.78 is 12.8. The monoisotopic (exact) mass is 687 g/mol. The summed E-state index contributed by atoms with van der Waals surface area (Å²) in [6.45, 7) is 8.27. The zero-order chi connectivity index (χ0) is 36.2. The molecule has 0 spiro atoms. The summed E-state index contributed by atoms with van der Waals surface area (Å²) >= 11 is 0. The number of aromatic nitrogens is 3. The van der Waals surface area contributed by atoms with Crippen molar-refractivity contribution < 1.29 is 9.31 Å². The van der Waals surface area contributed by atoms with Crippen LogP contribution >= 0.6 is 0 Å². The van der Waals surface area contributed by atoms with Gasteiger partial charge < -0.3 is 9.31 Å². The van der Waals surface area contributed by atoms with Crippen LogP contribution in [0.25, 0.3) is 78.0 Å². The lowest BCUT2D eigenvalue weighted by atomic mass is 9.78. The Morgan fingerprint density at radius 1 is 0.377 bits per heavy atom. The molecule has 53 heavy (non-hydrogen) atoms. The molecule has 0 unspecified atom stereocenters. The van der Waals surface area contributed by atoms with Gasteiger partial charge in [-0.25, -0.2) is 15.0 Å². The van der Waals surface area contributed by atoms with E-state index < -0.39 is 18.3 Å². The molecule has 0 atom stereocenters. The molecule has 0 aliphatic carbocycles. The third-order valence-electron chi connectivity index (χ3n) is 10.7. The lowest BCUT2D eigenvalue weighted by molar-refractivity contribution is 0.00578. The fourth-order valence-corrected chi connectivity index (χ4v) is 7.32. The van der Waals surface area contributed by atoms with E-state index in [1.165, 1.54) is 38.2 Å². The quantitative estimate of drug-likeness (QED) is 0.129. The van der Waals surface area contributed by atoms with Crippen molar-refractivity contribution in [2.75, 3.05) is 0 Å². The topological polar surface area (TPSA) is 57.1 Å². The molecule has 9 rings (SSSR count). The van der Waals surface area contributed by atoms with Crippen LogP contribution in [0.2, 0.25) is 0 Å². The predicted octanol–water partition coefficient (Wildman–Crippen LogP) is 10.8. The maximum Gasteiger partial charge on any atom is 0.494 e. The Balaban J connectivity index is 1.20. The molecule has 0 radical (unpaired) electrons. The minimum atomic E-state index is -0.496. The second-order valence-corrected chi connectivity index (χ2v) is 14.7. The summed E-state index contributed by atoms with van der Waals surface area (Å²) in [4.78, 5) is 15.2. The van der Waals surface area contributed by atoms with Gasteiger partial charge in [0.25, 0.3) is 0 Å². The number of hydrogen-bond donors (Lipinski definition) is 0. The maximum absolute atomic E-state index is 6.40. The van der Waals surface area contributed by atoms with Crippen LogP contribution in [0.1, 0.15) is 27.7 Å². The highest BCUT2D eigenvalue weighted by molar-refractivity contribution is 6.62. The van der Waals surface area contributed by atoms with Gasteiger partial charge in [0, 0.05) is 16.7 Å². The molecule has 2 heterocycles. The number of fused-ring (bicyclic) bond motifs is 2. The Labute approximate surface area is 310 Å². The van der Waals surface area contributed by atoms with Crippen LogP contribution < -0.4 is 5.46 Å². The van der Waals surface area contributed by atoms with Gasteiger partial charge in [0.05, 0.1) is 11.2 Å². The van der Waals surface area contributed by atoms with Crippen molar-refractivity contribution in [1.29, 1.82) is 0 Å². The van der Waals surface area contributed by atoms with Crippen molar-refractivity contribution in [3.05, 3.63) is 158 Å². The van der Waals surface area contributed by atoms with E-state index in [2.05, 4.69) is 137 Å². The lowest BCUT2D eigenvalue weighted by Gasteiger charge is -2.32. The van der Waals surface area contributed by atoms with Crippen LogP contribution in [0.5, 0.6) is 0 Å². The molecule has 8 aromatic rings. The minimum absolute atomic E-state index is 0.446. The average Bonchev–Trinajstić information content (AvgIpc) is 3.43. The first-order chi connectivity index (χ1) is 25.8. The maximum atomic E-state index is 6.40. The van der Waals surface area contributed by atoms with Crippen molar-refractivity contribution in [2.45, 2.75) is 38.9 Å². The molecule has 1 fully saturated rings. The summed E-state index contributed by atoms with van der Waals surface area (Å²) in [5.41, 5.74) is 7.45. The molecule has 5 nitrogen and oxygen atoms in total.